The Balaban J connectivity index is 1.82. The molecule has 0 aromatic heterocycles. The molecule has 4 nitrogen and oxygen atoms in total. The zero-order valence-corrected chi connectivity index (χ0v) is 17.7. The SMILES string of the molecule is C=CCCCC(N)Cc1ccc([C@H]2CCC(=O)[C@@H]2CCCCCCC(=O)O)cc1. The average molecular weight is 400 g/mol. The standard InChI is InChI=1S/C25H37NO3/c1-2-3-6-9-21(26)18-19-12-14-20(15-13-19)22-16-17-24(27)23(22)10-7-4-5-8-11-25(28)29/h2,12-15,21-23H,1,3-11,16-18,26H2,(H,28,29)/t21?,22-,23-/m1/s1. The van der Waals surface area contributed by atoms with E-state index in [2.05, 4.69) is 30.8 Å². The molecular weight excluding hydrogens is 362 g/mol. The number of Topliss-reactive ketones (excluding diaryl/α,β-unsaturated/α-hetero) is 1. The van der Waals surface area contributed by atoms with Crippen LogP contribution in [0.25, 0.3) is 0 Å². The Labute approximate surface area is 175 Å². The summed E-state index contributed by atoms with van der Waals surface area (Å²) in [5.41, 5.74) is 8.78. The molecule has 29 heavy (non-hydrogen) atoms. The van der Waals surface area contributed by atoms with Crippen LogP contribution in [-0.2, 0) is 16.0 Å². The second-order valence-corrected chi connectivity index (χ2v) is 8.49. The molecule has 1 aliphatic rings. The fourth-order valence-electron chi connectivity index (χ4n) is 4.49. The minimum Gasteiger partial charge on any atom is -0.481 e. The van der Waals surface area contributed by atoms with E-state index in [-0.39, 0.29) is 18.4 Å². The molecule has 160 valence electrons. The van der Waals surface area contributed by atoms with Gasteiger partial charge in [0.15, 0.2) is 0 Å². The van der Waals surface area contributed by atoms with Gasteiger partial charge >= 0.3 is 5.97 Å². The van der Waals surface area contributed by atoms with Crippen molar-refractivity contribution in [3.05, 3.63) is 48.0 Å². The molecule has 1 saturated carbocycles. The number of benzene rings is 1. The molecule has 1 fully saturated rings. The number of rotatable bonds is 14. The van der Waals surface area contributed by atoms with Crippen molar-refractivity contribution in [3.63, 3.8) is 0 Å². The molecule has 1 aliphatic carbocycles. The van der Waals surface area contributed by atoms with Crippen LogP contribution in [0.2, 0.25) is 0 Å². The Kier molecular flexibility index (Phi) is 10.1. The fourth-order valence-corrected chi connectivity index (χ4v) is 4.49. The van der Waals surface area contributed by atoms with E-state index < -0.39 is 5.97 Å². The highest BCUT2D eigenvalue weighted by atomic mass is 16.4. The number of aliphatic carboxylic acids is 1. The first-order valence-corrected chi connectivity index (χ1v) is 11.2. The zero-order chi connectivity index (χ0) is 21.1. The van der Waals surface area contributed by atoms with Crippen molar-refractivity contribution in [2.75, 3.05) is 0 Å². The van der Waals surface area contributed by atoms with Gasteiger partial charge in [0.2, 0.25) is 0 Å². The van der Waals surface area contributed by atoms with Crippen LogP contribution in [0.1, 0.15) is 87.7 Å². The predicted octanol–water partition coefficient (Wildman–Crippen LogP) is 5.40. The second kappa shape index (κ2) is 12.6. The van der Waals surface area contributed by atoms with Crippen LogP contribution in [0.4, 0.5) is 0 Å². The molecule has 0 amide bonds. The van der Waals surface area contributed by atoms with Crippen molar-refractivity contribution in [1.82, 2.24) is 0 Å². The zero-order valence-electron chi connectivity index (χ0n) is 17.7. The maximum Gasteiger partial charge on any atom is 0.303 e. The number of allylic oxidation sites excluding steroid dienone is 1. The van der Waals surface area contributed by atoms with Crippen LogP contribution in [0.5, 0.6) is 0 Å². The summed E-state index contributed by atoms with van der Waals surface area (Å²) in [5, 5.41) is 8.70. The molecule has 1 aromatic carbocycles. The molecule has 4 heteroatoms. The summed E-state index contributed by atoms with van der Waals surface area (Å²) in [6, 6.07) is 8.91. The molecule has 0 bridgehead atoms. The third kappa shape index (κ3) is 8.14. The summed E-state index contributed by atoms with van der Waals surface area (Å²) in [4.78, 5) is 23.0. The molecule has 3 atom stereocenters. The third-order valence-electron chi connectivity index (χ3n) is 6.15. The van der Waals surface area contributed by atoms with Crippen LogP contribution in [-0.4, -0.2) is 22.9 Å². The summed E-state index contributed by atoms with van der Waals surface area (Å²) in [7, 11) is 0. The smallest absolute Gasteiger partial charge is 0.303 e. The molecule has 0 heterocycles. The summed E-state index contributed by atoms with van der Waals surface area (Å²) < 4.78 is 0. The van der Waals surface area contributed by atoms with Gasteiger partial charge in [-0.1, -0.05) is 49.6 Å². The van der Waals surface area contributed by atoms with E-state index in [1.54, 1.807) is 0 Å². The van der Waals surface area contributed by atoms with E-state index >= 15 is 0 Å². The number of unbranched alkanes of at least 4 members (excludes halogenated alkanes) is 4. The van der Waals surface area contributed by atoms with Crippen molar-refractivity contribution < 1.29 is 14.7 Å². The van der Waals surface area contributed by atoms with Crippen LogP contribution in [0.15, 0.2) is 36.9 Å². The first-order valence-electron chi connectivity index (χ1n) is 11.2. The van der Waals surface area contributed by atoms with Crippen molar-refractivity contribution in [3.8, 4) is 0 Å². The molecule has 1 aromatic rings. The lowest BCUT2D eigenvalue weighted by Crippen LogP contribution is -2.22. The van der Waals surface area contributed by atoms with Crippen LogP contribution in [0, 0.1) is 5.92 Å². The Morgan fingerprint density at radius 3 is 2.59 bits per heavy atom. The minimum absolute atomic E-state index is 0.126. The number of ketones is 1. The van der Waals surface area contributed by atoms with Gasteiger partial charge in [-0.05, 0) is 62.0 Å². The van der Waals surface area contributed by atoms with Crippen molar-refractivity contribution in [2.24, 2.45) is 11.7 Å². The van der Waals surface area contributed by atoms with Crippen molar-refractivity contribution in [2.45, 2.75) is 89.0 Å². The lowest BCUT2D eigenvalue weighted by molar-refractivity contribution is -0.137. The maximum absolute atomic E-state index is 12.4. The van der Waals surface area contributed by atoms with Gasteiger partial charge in [0.1, 0.15) is 5.78 Å². The van der Waals surface area contributed by atoms with Gasteiger partial charge in [0.25, 0.3) is 0 Å². The maximum atomic E-state index is 12.4. The van der Waals surface area contributed by atoms with Gasteiger partial charge in [0.05, 0.1) is 0 Å². The second-order valence-electron chi connectivity index (χ2n) is 8.49. The summed E-state index contributed by atoms with van der Waals surface area (Å²) in [5.74, 6) is 0.129. The monoisotopic (exact) mass is 399 g/mol. The number of carbonyl (C=O) groups is 2. The van der Waals surface area contributed by atoms with Crippen LogP contribution >= 0.6 is 0 Å². The topological polar surface area (TPSA) is 80.4 Å². The van der Waals surface area contributed by atoms with Crippen LogP contribution in [0.3, 0.4) is 0 Å². The molecule has 0 radical (unpaired) electrons. The Bertz CT molecular complexity index is 653. The predicted molar refractivity (Wildman–Crippen MR) is 118 cm³/mol. The van der Waals surface area contributed by atoms with E-state index in [9.17, 15) is 9.59 Å². The van der Waals surface area contributed by atoms with Crippen molar-refractivity contribution >= 4 is 11.8 Å². The molecule has 3 N–H and O–H groups in total. The Morgan fingerprint density at radius 2 is 1.90 bits per heavy atom. The van der Waals surface area contributed by atoms with Crippen LogP contribution < -0.4 is 5.73 Å². The highest BCUT2D eigenvalue weighted by Gasteiger charge is 2.34. The normalized spacial score (nSPS) is 20.0. The number of nitrogens with two attached hydrogens (primary N) is 1. The van der Waals surface area contributed by atoms with E-state index in [1.807, 2.05) is 6.08 Å². The molecule has 1 unspecified atom stereocenters. The molecule has 0 aliphatic heterocycles. The first kappa shape index (κ1) is 23.3. The molecule has 0 spiro atoms. The quantitative estimate of drug-likeness (QED) is 0.324. The Morgan fingerprint density at radius 1 is 1.17 bits per heavy atom. The van der Waals surface area contributed by atoms with E-state index in [1.165, 1.54) is 11.1 Å². The highest BCUT2D eigenvalue weighted by Crippen LogP contribution is 2.40. The van der Waals surface area contributed by atoms with Gasteiger partial charge < -0.3 is 10.8 Å². The first-order chi connectivity index (χ1) is 14.0. The highest BCUT2D eigenvalue weighted by molar-refractivity contribution is 5.84. The number of hydrogen-bond donors (Lipinski definition) is 2. The van der Waals surface area contributed by atoms with Gasteiger partial charge in [-0.3, -0.25) is 9.59 Å². The molecular formula is C25H37NO3. The third-order valence-corrected chi connectivity index (χ3v) is 6.15. The summed E-state index contributed by atoms with van der Waals surface area (Å²) in [6.07, 6.45) is 12.4. The van der Waals surface area contributed by atoms with Gasteiger partial charge in [-0.25, -0.2) is 0 Å². The number of carbonyl (C=O) groups excluding carboxylic acids is 1. The van der Waals surface area contributed by atoms with Crippen molar-refractivity contribution in [1.29, 1.82) is 0 Å². The average Bonchev–Trinajstić information content (AvgIpc) is 3.05. The summed E-state index contributed by atoms with van der Waals surface area (Å²) in [6.45, 7) is 3.75. The van der Waals surface area contributed by atoms with E-state index in [4.69, 9.17) is 10.8 Å². The van der Waals surface area contributed by atoms with Gasteiger partial charge in [0, 0.05) is 24.8 Å². The fraction of sp³-hybridized carbons (Fsp3) is 0.600. The molecule has 0 saturated heterocycles. The number of carboxylic acid groups (broad SMARTS) is 1. The van der Waals surface area contributed by atoms with E-state index in [0.717, 1.165) is 64.2 Å². The van der Waals surface area contributed by atoms with Gasteiger partial charge in [-0.2, -0.15) is 0 Å². The lowest BCUT2D eigenvalue weighted by atomic mass is 9.84. The Hall–Kier alpha value is -1.94. The minimum atomic E-state index is -0.725. The van der Waals surface area contributed by atoms with E-state index in [0.29, 0.717) is 18.1 Å². The summed E-state index contributed by atoms with van der Waals surface area (Å²) >= 11 is 0. The number of carboxylic acids is 1. The molecule has 2 rings (SSSR count). The number of hydrogen-bond acceptors (Lipinski definition) is 3. The van der Waals surface area contributed by atoms with Gasteiger partial charge in [-0.15, -0.1) is 6.58 Å². The lowest BCUT2D eigenvalue weighted by Gasteiger charge is -2.19. The largest absolute Gasteiger partial charge is 0.481 e.